The summed E-state index contributed by atoms with van der Waals surface area (Å²) in [7, 11) is 0. The molecule has 25 heavy (non-hydrogen) atoms. The van der Waals surface area contributed by atoms with Gasteiger partial charge in [0.2, 0.25) is 5.88 Å². The highest BCUT2D eigenvalue weighted by Gasteiger charge is 2.24. The molecule has 0 aliphatic carbocycles. The topological polar surface area (TPSA) is 72.6 Å². The van der Waals surface area contributed by atoms with Gasteiger partial charge in [-0.05, 0) is 37.0 Å². The molecule has 7 nitrogen and oxygen atoms in total. The lowest BCUT2D eigenvalue weighted by Gasteiger charge is -2.31. The van der Waals surface area contributed by atoms with Crippen LogP contribution in [0.4, 0.5) is 0 Å². The molecule has 1 aliphatic rings. The third kappa shape index (κ3) is 3.45. The van der Waals surface area contributed by atoms with Crippen molar-refractivity contribution in [1.82, 2.24) is 24.5 Å². The van der Waals surface area contributed by atoms with Crippen LogP contribution in [0.1, 0.15) is 23.2 Å². The van der Waals surface area contributed by atoms with E-state index in [4.69, 9.17) is 4.74 Å². The van der Waals surface area contributed by atoms with Crippen molar-refractivity contribution in [2.75, 3.05) is 19.7 Å². The molecular formula is C18H19N5O2. The molecule has 128 valence electrons. The summed E-state index contributed by atoms with van der Waals surface area (Å²) in [5.74, 6) is 1.11. The largest absolute Gasteiger partial charge is 0.476 e. The van der Waals surface area contributed by atoms with Crippen molar-refractivity contribution in [3.8, 4) is 5.88 Å². The molecule has 0 atom stereocenters. The van der Waals surface area contributed by atoms with Crippen molar-refractivity contribution in [2.24, 2.45) is 5.92 Å². The summed E-state index contributed by atoms with van der Waals surface area (Å²) in [5, 5.41) is 4.36. The Labute approximate surface area is 145 Å². The number of aromatic nitrogens is 4. The van der Waals surface area contributed by atoms with Gasteiger partial charge in [-0.3, -0.25) is 9.78 Å². The van der Waals surface area contributed by atoms with E-state index in [0.29, 0.717) is 24.0 Å². The van der Waals surface area contributed by atoms with Crippen molar-refractivity contribution in [3.05, 3.63) is 54.6 Å². The zero-order chi connectivity index (χ0) is 17.1. The molecule has 0 unspecified atom stereocenters. The Balaban J connectivity index is 1.29. The zero-order valence-electron chi connectivity index (χ0n) is 13.8. The first-order valence-electron chi connectivity index (χ1n) is 8.42. The van der Waals surface area contributed by atoms with Crippen LogP contribution >= 0.6 is 0 Å². The third-order valence-corrected chi connectivity index (χ3v) is 4.53. The monoisotopic (exact) mass is 337 g/mol. The molecule has 0 N–H and O–H groups in total. The van der Waals surface area contributed by atoms with Gasteiger partial charge >= 0.3 is 0 Å². The number of imidazole rings is 1. The van der Waals surface area contributed by atoms with Crippen LogP contribution in [0, 0.1) is 5.92 Å². The van der Waals surface area contributed by atoms with Crippen LogP contribution in [0.5, 0.6) is 5.88 Å². The zero-order valence-corrected chi connectivity index (χ0v) is 13.8. The average Bonchev–Trinajstić information content (AvgIpc) is 3.15. The maximum Gasteiger partial charge on any atom is 0.253 e. The summed E-state index contributed by atoms with van der Waals surface area (Å²) >= 11 is 0. The van der Waals surface area contributed by atoms with Crippen LogP contribution in [-0.2, 0) is 0 Å². The first kappa shape index (κ1) is 15.6. The minimum atomic E-state index is 0.0778. The van der Waals surface area contributed by atoms with Gasteiger partial charge in [0.1, 0.15) is 0 Å². The molecule has 1 fully saturated rings. The lowest BCUT2D eigenvalue weighted by Crippen LogP contribution is -2.39. The molecule has 1 saturated heterocycles. The Morgan fingerprint density at radius 2 is 1.92 bits per heavy atom. The maximum atomic E-state index is 12.4. The molecule has 0 spiro atoms. The summed E-state index contributed by atoms with van der Waals surface area (Å²) < 4.78 is 7.53. The number of carbonyl (C=O) groups excluding carboxylic acids is 1. The lowest BCUT2D eigenvalue weighted by molar-refractivity contribution is 0.0659. The standard InChI is InChI=1S/C18H19N5O2/c24-18(15-3-7-19-8-4-15)22-10-5-14(6-11-22)13-25-17-2-1-16-20-9-12-23(16)21-17/h1-4,7-9,12,14H,5-6,10-11,13H2. The molecule has 3 aromatic heterocycles. The normalized spacial score (nSPS) is 15.4. The number of ether oxygens (including phenoxy) is 1. The smallest absolute Gasteiger partial charge is 0.253 e. The first-order valence-corrected chi connectivity index (χ1v) is 8.42. The Hall–Kier alpha value is -2.96. The second kappa shape index (κ2) is 6.88. The van der Waals surface area contributed by atoms with Crippen molar-refractivity contribution in [3.63, 3.8) is 0 Å². The Bertz CT molecular complexity index is 856. The molecular weight excluding hydrogens is 318 g/mol. The summed E-state index contributed by atoms with van der Waals surface area (Å²) in [6, 6.07) is 7.24. The number of rotatable bonds is 4. The van der Waals surface area contributed by atoms with Crippen molar-refractivity contribution in [2.45, 2.75) is 12.8 Å². The van der Waals surface area contributed by atoms with E-state index in [-0.39, 0.29) is 5.91 Å². The fourth-order valence-electron chi connectivity index (χ4n) is 3.06. The number of hydrogen-bond donors (Lipinski definition) is 0. The summed E-state index contributed by atoms with van der Waals surface area (Å²) in [6.45, 7) is 2.12. The van der Waals surface area contributed by atoms with Crippen LogP contribution in [0.3, 0.4) is 0 Å². The first-order chi connectivity index (χ1) is 12.3. The average molecular weight is 337 g/mol. The van der Waals surface area contributed by atoms with Gasteiger partial charge in [0, 0.05) is 49.5 Å². The molecule has 0 bridgehead atoms. The number of carbonyl (C=O) groups is 1. The number of piperidine rings is 1. The summed E-state index contributed by atoms with van der Waals surface area (Å²) in [6.07, 6.45) is 8.68. The predicted molar refractivity (Wildman–Crippen MR) is 91.3 cm³/mol. The van der Waals surface area contributed by atoms with E-state index in [9.17, 15) is 4.79 Å². The van der Waals surface area contributed by atoms with Crippen LogP contribution in [-0.4, -0.2) is 50.1 Å². The van der Waals surface area contributed by atoms with Gasteiger partial charge in [0.05, 0.1) is 6.61 Å². The van der Waals surface area contributed by atoms with E-state index >= 15 is 0 Å². The van der Waals surface area contributed by atoms with E-state index in [2.05, 4.69) is 15.1 Å². The van der Waals surface area contributed by atoms with Gasteiger partial charge in [-0.15, -0.1) is 5.10 Å². The molecule has 4 rings (SSSR count). The van der Waals surface area contributed by atoms with E-state index in [1.807, 2.05) is 17.0 Å². The van der Waals surface area contributed by atoms with Gasteiger partial charge in [-0.2, -0.15) is 0 Å². The van der Waals surface area contributed by atoms with Gasteiger partial charge in [-0.25, -0.2) is 9.50 Å². The van der Waals surface area contributed by atoms with Crippen molar-refractivity contribution < 1.29 is 9.53 Å². The molecule has 0 aromatic carbocycles. The number of amides is 1. The van der Waals surface area contributed by atoms with E-state index in [1.165, 1.54) is 0 Å². The van der Waals surface area contributed by atoms with E-state index in [1.54, 1.807) is 41.4 Å². The fraction of sp³-hybridized carbons (Fsp3) is 0.333. The Morgan fingerprint density at radius 3 is 2.72 bits per heavy atom. The third-order valence-electron chi connectivity index (χ3n) is 4.53. The fourth-order valence-corrected chi connectivity index (χ4v) is 3.06. The van der Waals surface area contributed by atoms with Gasteiger partial charge in [0.15, 0.2) is 5.65 Å². The second-order valence-corrected chi connectivity index (χ2v) is 6.18. The van der Waals surface area contributed by atoms with Crippen molar-refractivity contribution in [1.29, 1.82) is 0 Å². The highest BCUT2D eigenvalue weighted by molar-refractivity contribution is 5.94. The number of hydrogen-bond acceptors (Lipinski definition) is 5. The molecule has 1 aliphatic heterocycles. The molecule has 4 heterocycles. The van der Waals surface area contributed by atoms with Gasteiger partial charge in [-0.1, -0.05) is 0 Å². The van der Waals surface area contributed by atoms with Gasteiger partial charge in [0.25, 0.3) is 5.91 Å². The van der Waals surface area contributed by atoms with Gasteiger partial charge < -0.3 is 9.64 Å². The highest BCUT2D eigenvalue weighted by Crippen LogP contribution is 2.20. The summed E-state index contributed by atoms with van der Waals surface area (Å²) in [5.41, 5.74) is 1.50. The minimum Gasteiger partial charge on any atom is -0.476 e. The quantitative estimate of drug-likeness (QED) is 0.728. The number of pyridine rings is 1. The molecule has 0 radical (unpaired) electrons. The number of likely N-dealkylation sites (tertiary alicyclic amines) is 1. The molecule has 0 saturated carbocycles. The Kier molecular flexibility index (Phi) is 4.28. The molecule has 3 aromatic rings. The SMILES string of the molecule is O=C(c1ccncc1)N1CCC(COc2ccc3nccn3n2)CC1. The Morgan fingerprint density at radius 1 is 1.12 bits per heavy atom. The minimum absolute atomic E-state index is 0.0778. The predicted octanol–water partition coefficient (Wildman–Crippen LogP) is 2.06. The van der Waals surface area contributed by atoms with Crippen LogP contribution < -0.4 is 4.74 Å². The van der Waals surface area contributed by atoms with Crippen LogP contribution in [0.15, 0.2) is 49.1 Å². The molecule has 1 amide bonds. The molecule has 7 heteroatoms. The summed E-state index contributed by atoms with van der Waals surface area (Å²) in [4.78, 5) is 22.5. The van der Waals surface area contributed by atoms with E-state index in [0.717, 1.165) is 31.6 Å². The van der Waals surface area contributed by atoms with Crippen molar-refractivity contribution >= 4 is 11.6 Å². The second-order valence-electron chi connectivity index (χ2n) is 6.18. The van der Waals surface area contributed by atoms with E-state index < -0.39 is 0 Å². The highest BCUT2D eigenvalue weighted by atomic mass is 16.5. The van der Waals surface area contributed by atoms with Crippen LogP contribution in [0.2, 0.25) is 0 Å². The number of fused-ring (bicyclic) bond motifs is 1. The number of nitrogens with zero attached hydrogens (tertiary/aromatic N) is 5. The lowest BCUT2D eigenvalue weighted by atomic mass is 9.97. The van der Waals surface area contributed by atoms with Crippen LogP contribution in [0.25, 0.3) is 5.65 Å². The maximum absolute atomic E-state index is 12.4.